The standard InChI is InChI=1S/C15H18N4O4/c1-3-23-14(21)10-8-11-12(16-9(10)2)17-15(18-13(11)20)19-4-6-22-7-5-19/h8H,3-7H2,1-2H3,(H,16,17,18,20). The average molecular weight is 318 g/mol. The van der Waals surface area contributed by atoms with E-state index in [0.717, 1.165) is 0 Å². The molecular weight excluding hydrogens is 300 g/mol. The molecule has 122 valence electrons. The SMILES string of the molecule is CCOC(=O)c1cc2c(=O)[nH]c(N3CCOCC3)nc2nc1C. The van der Waals surface area contributed by atoms with Crippen molar-refractivity contribution in [2.24, 2.45) is 0 Å². The van der Waals surface area contributed by atoms with E-state index in [4.69, 9.17) is 9.47 Å². The number of H-pyrrole nitrogens is 1. The molecule has 0 aromatic carbocycles. The maximum Gasteiger partial charge on any atom is 0.339 e. The first-order valence-corrected chi connectivity index (χ1v) is 7.51. The van der Waals surface area contributed by atoms with Crippen molar-refractivity contribution in [2.45, 2.75) is 13.8 Å². The van der Waals surface area contributed by atoms with Gasteiger partial charge in [0.1, 0.15) is 0 Å². The molecule has 3 rings (SSSR count). The number of anilines is 1. The van der Waals surface area contributed by atoms with Crippen LogP contribution in [0.25, 0.3) is 11.0 Å². The molecule has 3 heterocycles. The lowest BCUT2D eigenvalue weighted by Crippen LogP contribution is -2.38. The number of nitrogens with zero attached hydrogens (tertiary/aromatic N) is 3. The Labute approximate surface area is 132 Å². The van der Waals surface area contributed by atoms with E-state index in [1.807, 2.05) is 4.90 Å². The Hall–Kier alpha value is -2.48. The highest BCUT2D eigenvalue weighted by Gasteiger charge is 2.18. The summed E-state index contributed by atoms with van der Waals surface area (Å²) in [6.07, 6.45) is 0. The summed E-state index contributed by atoms with van der Waals surface area (Å²) in [6.45, 7) is 6.20. The van der Waals surface area contributed by atoms with Crippen molar-refractivity contribution < 1.29 is 14.3 Å². The lowest BCUT2D eigenvalue weighted by Gasteiger charge is -2.27. The number of nitrogens with one attached hydrogen (secondary N) is 1. The zero-order chi connectivity index (χ0) is 16.4. The third kappa shape index (κ3) is 3.02. The Balaban J connectivity index is 2.06. The van der Waals surface area contributed by atoms with Crippen LogP contribution in [0.5, 0.6) is 0 Å². The minimum absolute atomic E-state index is 0.265. The van der Waals surface area contributed by atoms with E-state index >= 15 is 0 Å². The van der Waals surface area contributed by atoms with Crippen LogP contribution in [0, 0.1) is 6.92 Å². The first-order valence-electron chi connectivity index (χ1n) is 7.51. The van der Waals surface area contributed by atoms with Gasteiger partial charge in [0.25, 0.3) is 5.56 Å². The van der Waals surface area contributed by atoms with Gasteiger partial charge in [-0.1, -0.05) is 0 Å². The number of rotatable bonds is 3. The molecule has 1 saturated heterocycles. The van der Waals surface area contributed by atoms with Crippen molar-refractivity contribution >= 4 is 23.0 Å². The summed E-state index contributed by atoms with van der Waals surface area (Å²) in [5.74, 6) is -0.0161. The van der Waals surface area contributed by atoms with Crippen molar-refractivity contribution in [2.75, 3.05) is 37.8 Å². The lowest BCUT2D eigenvalue weighted by molar-refractivity contribution is 0.0525. The van der Waals surface area contributed by atoms with Crippen LogP contribution >= 0.6 is 0 Å². The van der Waals surface area contributed by atoms with E-state index in [0.29, 0.717) is 43.6 Å². The normalized spacial score (nSPS) is 15.0. The number of aromatic amines is 1. The Bertz CT molecular complexity index is 796. The molecule has 0 amide bonds. The van der Waals surface area contributed by atoms with E-state index in [1.54, 1.807) is 13.8 Å². The van der Waals surface area contributed by atoms with Gasteiger partial charge in [0.15, 0.2) is 5.65 Å². The number of hydrogen-bond acceptors (Lipinski definition) is 7. The van der Waals surface area contributed by atoms with E-state index in [9.17, 15) is 9.59 Å². The minimum Gasteiger partial charge on any atom is -0.462 e. The van der Waals surface area contributed by atoms with Gasteiger partial charge in [0.05, 0.1) is 36.5 Å². The monoisotopic (exact) mass is 318 g/mol. The Morgan fingerprint density at radius 2 is 2.13 bits per heavy atom. The molecule has 2 aromatic heterocycles. The van der Waals surface area contributed by atoms with Crippen LogP contribution in [0.1, 0.15) is 23.0 Å². The fraction of sp³-hybridized carbons (Fsp3) is 0.467. The maximum absolute atomic E-state index is 12.3. The van der Waals surface area contributed by atoms with E-state index in [1.165, 1.54) is 6.07 Å². The average Bonchev–Trinajstić information content (AvgIpc) is 2.55. The van der Waals surface area contributed by atoms with Gasteiger partial charge in [-0.15, -0.1) is 0 Å². The van der Waals surface area contributed by atoms with Gasteiger partial charge in [0, 0.05) is 13.1 Å². The number of aryl methyl sites for hydroxylation is 1. The summed E-state index contributed by atoms with van der Waals surface area (Å²) in [7, 11) is 0. The van der Waals surface area contributed by atoms with E-state index in [2.05, 4.69) is 15.0 Å². The number of esters is 1. The second kappa shape index (κ2) is 6.33. The molecule has 0 radical (unpaired) electrons. The Morgan fingerprint density at radius 1 is 1.39 bits per heavy atom. The van der Waals surface area contributed by atoms with E-state index < -0.39 is 5.97 Å². The van der Waals surface area contributed by atoms with Crippen LogP contribution in [0.4, 0.5) is 5.95 Å². The van der Waals surface area contributed by atoms with Crippen molar-refractivity contribution in [1.82, 2.24) is 15.0 Å². The van der Waals surface area contributed by atoms with Crippen LogP contribution in [0.2, 0.25) is 0 Å². The Morgan fingerprint density at radius 3 is 2.83 bits per heavy atom. The highest BCUT2D eigenvalue weighted by molar-refractivity contribution is 5.94. The largest absolute Gasteiger partial charge is 0.462 e. The molecule has 8 nitrogen and oxygen atoms in total. The zero-order valence-electron chi connectivity index (χ0n) is 13.1. The second-order valence-electron chi connectivity index (χ2n) is 5.20. The fourth-order valence-electron chi connectivity index (χ4n) is 2.48. The number of hydrogen-bond donors (Lipinski definition) is 1. The lowest BCUT2D eigenvalue weighted by atomic mass is 10.1. The quantitative estimate of drug-likeness (QED) is 0.829. The summed E-state index contributed by atoms with van der Waals surface area (Å²) in [4.78, 5) is 37.7. The molecule has 0 bridgehead atoms. The molecule has 1 aliphatic rings. The molecule has 0 unspecified atom stereocenters. The minimum atomic E-state index is -0.490. The van der Waals surface area contributed by atoms with Crippen molar-refractivity contribution in [3.05, 3.63) is 27.7 Å². The third-order valence-corrected chi connectivity index (χ3v) is 3.68. The molecule has 1 fully saturated rings. The van der Waals surface area contributed by atoms with Crippen molar-refractivity contribution in [1.29, 1.82) is 0 Å². The number of ether oxygens (including phenoxy) is 2. The van der Waals surface area contributed by atoms with Gasteiger partial charge in [-0.2, -0.15) is 4.98 Å². The molecule has 2 aromatic rings. The molecule has 0 spiro atoms. The van der Waals surface area contributed by atoms with Crippen molar-refractivity contribution in [3.63, 3.8) is 0 Å². The first kappa shape index (κ1) is 15.4. The predicted molar refractivity (Wildman–Crippen MR) is 83.9 cm³/mol. The van der Waals surface area contributed by atoms with Gasteiger partial charge < -0.3 is 14.4 Å². The Kier molecular flexibility index (Phi) is 4.24. The van der Waals surface area contributed by atoms with Crippen LogP contribution in [0.15, 0.2) is 10.9 Å². The molecule has 0 aliphatic carbocycles. The van der Waals surface area contributed by atoms with E-state index in [-0.39, 0.29) is 23.1 Å². The molecular formula is C15H18N4O4. The smallest absolute Gasteiger partial charge is 0.339 e. The topological polar surface area (TPSA) is 97.4 Å². The number of pyridine rings is 1. The number of carbonyl (C=O) groups excluding carboxylic acids is 1. The van der Waals surface area contributed by atoms with Crippen LogP contribution in [-0.4, -0.2) is 53.8 Å². The second-order valence-corrected chi connectivity index (χ2v) is 5.20. The number of morpholine rings is 1. The third-order valence-electron chi connectivity index (χ3n) is 3.68. The summed E-state index contributed by atoms with van der Waals surface area (Å²) < 4.78 is 10.3. The summed E-state index contributed by atoms with van der Waals surface area (Å²) >= 11 is 0. The highest BCUT2D eigenvalue weighted by atomic mass is 16.5. The molecule has 1 aliphatic heterocycles. The number of carbonyl (C=O) groups is 1. The molecule has 0 saturated carbocycles. The predicted octanol–water partition coefficient (Wildman–Crippen LogP) is 0.640. The van der Waals surface area contributed by atoms with Gasteiger partial charge in [0.2, 0.25) is 5.95 Å². The fourth-order valence-corrected chi connectivity index (χ4v) is 2.48. The molecule has 0 atom stereocenters. The number of fused-ring (bicyclic) bond motifs is 1. The van der Waals surface area contributed by atoms with Crippen LogP contribution < -0.4 is 10.5 Å². The van der Waals surface area contributed by atoms with Crippen molar-refractivity contribution in [3.8, 4) is 0 Å². The molecule has 1 N–H and O–H groups in total. The molecule has 23 heavy (non-hydrogen) atoms. The van der Waals surface area contributed by atoms with Crippen LogP contribution in [-0.2, 0) is 9.47 Å². The highest BCUT2D eigenvalue weighted by Crippen LogP contribution is 2.16. The van der Waals surface area contributed by atoms with Gasteiger partial charge in [-0.25, -0.2) is 9.78 Å². The molecule has 8 heteroatoms. The van der Waals surface area contributed by atoms with Gasteiger partial charge >= 0.3 is 5.97 Å². The maximum atomic E-state index is 12.3. The number of aromatic nitrogens is 3. The summed E-state index contributed by atoms with van der Waals surface area (Å²) in [6, 6.07) is 1.49. The van der Waals surface area contributed by atoms with Gasteiger partial charge in [-0.05, 0) is 19.9 Å². The summed E-state index contributed by atoms with van der Waals surface area (Å²) in [5, 5.41) is 0.274. The summed E-state index contributed by atoms with van der Waals surface area (Å²) in [5.41, 5.74) is 0.767. The first-order chi connectivity index (χ1) is 11.1. The zero-order valence-corrected chi connectivity index (χ0v) is 13.1. The van der Waals surface area contributed by atoms with Gasteiger partial charge in [-0.3, -0.25) is 9.78 Å². The van der Waals surface area contributed by atoms with Crippen LogP contribution in [0.3, 0.4) is 0 Å².